The largest absolute Gasteiger partial charge is 0.409 e. The molecule has 0 saturated heterocycles. The number of oxime groups is 1. The molecule has 1 amide bonds. The predicted octanol–water partition coefficient (Wildman–Crippen LogP) is 1.86. The molecule has 0 aliphatic rings. The van der Waals surface area contributed by atoms with Crippen LogP contribution in [0.2, 0.25) is 5.02 Å². The zero-order chi connectivity index (χ0) is 13.9. The van der Waals surface area contributed by atoms with E-state index in [-0.39, 0.29) is 11.7 Å². The summed E-state index contributed by atoms with van der Waals surface area (Å²) in [5.74, 6) is -0.250. The summed E-state index contributed by atoms with van der Waals surface area (Å²) in [6.45, 7) is 3.50. The van der Waals surface area contributed by atoms with E-state index < -0.39 is 6.04 Å². The number of hydrogen-bond acceptors (Lipinski definition) is 3. The zero-order valence-electron chi connectivity index (χ0n) is 10.5. The molecule has 0 aliphatic heterocycles. The molecule has 0 fully saturated rings. The van der Waals surface area contributed by atoms with Crippen molar-refractivity contribution in [3.05, 3.63) is 34.3 Å². The van der Waals surface area contributed by atoms with Crippen molar-refractivity contribution >= 4 is 23.3 Å². The molecule has 6 heteroatoms. The van der Waals surface area contributed by atoms with E-state index in [0.29, 0.717) is 10.6 Å². The van der Waals surface area contributed by atoms with E-state index in [0.717, 1.165) is 5.56 Å². The molecule has 0 bridgehead atoms. The minimum Gasteiger partial charge on any atom is -0.409 e. The third kappa shape index (κ3) is 2.92. The van der Waals surface area contributed by atoms with Crippen LogP contribution < -0.4 is 5.73 Å². The molecule has 3 N–H and O–H groups in total. The lowest BCUT2D eigenvalue weighted by molar-refractivity contribution is 0.0775. The second kappa shape index (κ2) is 5.73. The normalized spacial score (nSPS) is 13.2. The number of nitrogens with two attached hydrogens (primary N) is 1. The van der Waals surface area contributed by atoms with Gasteiger partial charge >= 0.3 is 0 Å². The number of amides is 1. The Morgan fingerprint density at radius 3 is 2.72 bits per heavy atom. The third-order valence-corrected chi connectivity index (χ3v) is 3.11. The molecule has 0 saturated carbocycles. The van der Waals surface area contributed by atoms with Gasteiger partial charge in [0.1, 0.15) is 0 Å². The Kier molecular flexibility index (Phi) is 4.55. The Labute approximate surface area is 111 Å². The van der Waals surface area contributed by atoms with Crippen LogP contribution in [-0.4, -0.2) is 34.9 Å². The molecule has 0 heterocycles. The summed E-state index contributed by atoms with van der Waals surface area (Å²) in [4.78, 5) is 13.7. The standard InChI is InChI=1S/C12H16ClN3O2/c1-7-4-5-9(13)6-10(7)12(17)16(3)8(2)11(14)15-18/h4-6,8,18H,1-3H3,(H2,14,15). The van der Waals surface area contributed by atoms with Crippen molar-refractivity contribution in [2.45, 2.75) is 19.9 Å². The van der Waals surface area contributed by atoms with Crippen LogP contribution in [0, 0.1) is 6.92 Å². The summed E-state index contributed by atoms with van der Waals surface area (Å²) in [5.41, 5.74) is 6.81. The zero-order valence-corrected chi connectivity index (χ0v) is 11.3. The number of halogens is 1. The quantitative estimate of drug-likeness (QED) is 0.380. The second-order valence-corrected chi connectivity index (χ2v) is 4.51. The topological polar surface area (TPSA) is 78.9 Å². The Balaban J connectivity index is 3.03. The Hall–Kier alpha value is -1.75. The summed E-state index contributed by atoms with van der Waals surface area (Å²) in [5, 5.41) is 12.0. The van der Waals surface area contributed by atoms with Crippen molar-refractivity contribution in [3.63, 3.8) is 0 Å². The van der Waals surface area contributed by atoms with Gasteiger partial charge in [-0.25, -0.2) is 0 Å². The van der Waals surface area contributed by atoms with Crippen LogP contribution >= 0.6 is 11.6 Å². The van der Waals surface area contributed by atoms with E-state index in [2.05, 4.69) is 5.16 Å². The Morgan fingerprint density at radius 1 is 1.56 bits per heavy atom. The first-order valence-electron chi connectivity index (χ1n) is 5.39. The van der Waals surface area contributed by atoms with Crippen LogP contribution in [0.15, 0.2) is 23.4 Å². The smallest absolute Gasteiger partial charge is 0.254 e. The van der Waals surface area contributed by atoms with Crippen LogP contribution in [0.25, 0.3) is 0 Å². The van der Waals surface area contributed by atoms with Crippen molar-refractivity contribution in [2.75, 3.05) is 7.05 Å². The number of carbonyl (C=O) groups excluding carboxylic acids is 1. The van der Waals surface area contributed by atoms with E-state index in [1.54, 1.807) is 32.2 Å². The molecule has 1 aromatic rings. The van der Waals surface area contributed by atoms with E-state index >= 15 is 0 Å². The van der Waals surface area contributed by atoms with E-state index in [1.807, 2.05) is 6.92 Å². The lowest BCUT2D eigenvalue weighted by Gasteiger charge is -2.24. The van der Waals surface area contributed by atoms with Gasteiger partial charge in [-0.1, -0.05) is 22.8 Å². The minimum absolute atomic E-state index is 0.0227. The molecule has 18 heavy (non-hydrogen) atoms. The van der Waals surface area contributed by atoms with Crippen molar-refractivity contribution in [1.82, 2.24) is 4.90 Å². The Bertz CT molecular complexity index is 488. The monoisotopic (exact) mass is 269 g/mol. The first-order valence-corrected chi connectivity index (χ1v) is 5.77. The molecular formula is C12H16ClN3O2. The van der Waals surface area contributed by atoms with Crippen LogP contribution in [0.5, 0.6) is 0 Å². The fourth-order valence-electron chi connectivity index (χ4n) is 1.47. The van der Waals surface area contributed by atoms with Crippen LogP contribution in [0.4, 0.5) is 0 Å². The number of amidine groups is 1. The molecule has 0 aromatic heterocycles. The summed E-state index contributed by atoms with van der Waals surface area (Å²) in [6, 6.07) is 4.60. The van der Waals surface area contributed by atoms with Gasteiger partial charge in [0.25, 0.3) is 5.91 Å². The highest BCUT2D eigenvalue weighted by Gasteiger charge is 2.21. The predicted molar refractivity (Wildman–Crippen MR) is 71.2 cm³/mol. The fraction of sp³-hybridized carbons (Fsp3) is 0.333. The van der Waals surface area contributed by atoms with Gasteiger partial charge in [-0.2, -0.15) is 0 Å². The number of nitrogens with zero attached hydrogens (tertiary/aromatic N) is 2. The van der Waals surface area contributed by atoms with E-state index in [4.69, 9.17) is 22.5 Å². The van der Waals surface area contributed by atoms with Crippen molar-refractivity contribution in [2.24, 2.45) is 10.9 Å². The average molecular weight is 270 g/mol. The second-order valence-electron chi connectivity index (χ2n) is 4.08. The van der Waals surface area contributed by atoms with Gasteiger partial charge in [-0.15, -0.1) is 0 Å². The summed E-state index contributed by atoms with van der Waals surface area (Å²) >= 11 is 5.88. The molecule has 5 nitrogen and oxygen atoms in total. The lowest BCUT2D eigenvalue weighted by Crippen LogP contribution is -2.44. The molecule has 0 spiro atoms. The van der Waals surface area contributed by atoms with Gasteiger partial charge in [0.05, 0.1) is 6.04 Å². The van der Waals surface area contributed by atoms with Crippen molar-refractivity contribution in [3.8, 4) is 0 Å². The van der Waals surface area contributed by atoms with Gasteiger partial charge < -0.3 is 15.8 Å². The van der Waals surface area contributed by atoms with Crippen LogP contribution in [0.1, 0.15) is 22.8 Å². The average Bonchev–Trinajstić information content (AvgIpc) is 2.38. The Morgan fingerprint density at radius 2 is 2.17 bits per heavy atom. The molecule has 1 unspecified atom stereocenters. The fourth-order valence-corrected chi connectivity index (χ4v) is 1.64. The van der Waals surface area contributed by atoms with Gasteiger partial charge in [-0.3, -0.25) is 4.79 Å². The molecule has 1 aromatic carbocycles. The number of hydrogen-bond donors (Lipinski definition) is 2. The first kappa shape index (κ1) is 14.3. The highest BCUT2D eigenvalue weighted by molar-refractivity contribution is 6.31. The van der Waals surface area contributed by atoms with E-state index in [9.17, 15) is 4.79 Å². The maximum atomic E-state index is 12.3. The number of benzene rings is 1. The van der Waals surface area contributed by atoms with Crippen LogP contribution in [0.3, 0.4) is 0 Å². The van der Waals surface area contributed by atoms with Gasteiger partial charge in [0.2, 0.25) is 0 Å². The minimum atomic E-state index is -0.499. The summed E-state index contributed by atoms with van der Waals surface area (Å²) < 4.78 is 0. The number of rotatable bonds is 3. The molecule has 0 aliphatic carbocycles. The number of aryl methyl sites for hydroxylation is 1. The third-order valence-electron chi connectivity index (χ3n) is 2.87. The van der Waals surface area contributed by atoms with Gasteiger partial charge in [0.15, 0.2) is 5.84 Å². The molecule has 0 radical (unpaired) electrons. The molecular weight excluding hydrogens is 254 g/mol. The summed E-state index contributed by atoms with van der Waals surface area (Å²) in [7, 11) is 1.59. The number of likely N-dealkylation sites (N-methyl/N-ethyl adjacent to an activating group) is 1. The first-order chi connectivity index (χ1) is 8.38. The highest BCUT2D eigenvalue weighted by Crippen LogP contribution is 2.17. The van der Waals surface area contributed by atoms with Crippen molar-refractivity contribution < 1.29 is 10.0 Å². The molecule has 1 atom stereocenters. The summed E-state index contributed by atoms with van der Waals surface area (Å²) in [6.07, 6.45) is 0. The molecule has 1 rings (SSSR count). The van der Waals surface area contributed by atoms with Gasteiger partial charge in [-0.05, 0) is 31.5 Å². The highest BCUT2D eigenvalue weighted by atomic mass is 35.5. The lowest BCUT2D eigenvalue weighted by atomic mass is 10.1. The molecule has 98 valence electrons. The number of carbonyl (C=O) groups is 1. The SMILES string of the molecule is Cc1ccc(Cl)cc1C(=O)N(C)C(C)/C(N)=N/O. The van der Waals surface area contributed by atoms with Crippen LogP contribution in [-0.2, 0) is 0 Å². The van der Waals surface area contributed by atoms with Gasteiger partial charge in [0, 0.05) is 17.6 Å². The van der Waals surface area contributed by atoms with Crippen molar-refractivity contribution in [1.29, 1.82) is 0 Å². The maximum absolute atomic E-state index is 12.3. The van der Waals surface area contributed by atoms with E-state index in [1.165, 1.54) is 4.90 Å². The maximum Gasteiger partial charge on any atom is 0.254 e.